The van der Waals surface area contributed by atoms with E-state index in [1.54, 1.807) is 0 Å². The van der Waals surface area contributed by atoms with E-state index in [2.05, 4.69) is 61.3 Å². The van der Waals surface area contributed by atoms with Gasteiger partial charge in [0.15, 0.2) is 5.96 Å². The fraction of sp³-hybridized carbons (Fsp3) is 0.524. The third-order valence-corrected chi connectivity index (χ3v) is 6.05. The molecule has 1 saturated heterocycles. The van der Waals surface area contributed by atoms with Gasteiger partial charge in [-0.05, 0) is 36.7 Å². The van der Waals surface area contributed by atoms with E-state index in [1.807, 2.05) is 13.2 Å². The van der Waals surface area contributed by atoms with Gasteiger partial charge in [0.25, 0.3) is 0 Å². The number of aliphatic imine (C=N–C) groups is 1. The number of guanidine groups is 1. The maximum Gasteiger partial charge on any atom is 0.194 e. The molecule has 2 fully saturated rings. The van der Waals surface area contributed by atoms with E-state index in [0.717, 1.165) is 44.4 Å². The zero-order valence-electron chi connectivity index (χ0n) is 15.7. The molecule has 2 aromatic rings. The molecule has 5 nitrogen and oxygen atoms in total. The molecule has 2 heterocycles. The van der Waals surface area contributed by atoms with Crippen molar-refractivity contribution in [3.05, 3.63) is 54.1 Å². The third kappa shape index (κ3) is 3.62. The van der Waals surface area contributed by atoms with Crippen molar-refractivity contribution in [2.24, 2.45) is 10.4 Å². The minimum Gasteiger partial charge on any atom is -0.349 e. The fourth-order valence-electron chi connectivity index (χ4n) is 4.30. The smallest absolute Gasteiger partial charge is 0.194 e. The summed E-state index contributed by atoms with van der Waals surface area (Å²) in [5, 5.41) is 3.53. The van der Waals surface area contributed by atoms with Crippen LogP contribution in [0.1, 0.15) is 37.1 Å². The first-order valence-electron chi connectivity index (χ1n) is 9.78. The summed E-state index contributed by atoms with van der Waals surface area (Å²) in [4.78, 5) is 11.5. The molecule has 0 radical (unpaired) electrons. The van der Waals surface area contributed by atoms with E-state index in [4.69, 9.17) is 0 Å². The molecular formula is C21H29N5. The van der Waals surface area contributed by atoms with Crippen molar-refractivity contribution in [1.29, 1.82) is 0 Å². The minimum atomic E-state index is 0.589. The van der Waals surface area contributed by atoms with Gasteiger partial charge in [-0.1, -0.05) is 36.8 Å². The molecule has 1 aromatic heterocycles. The highest BCUT2D eigenvalue weighted by molar-refractivity contribution is 5.80. The predicted molar refractivity (Wildman–Crippen MR) is 105 cm³/mol. The maximum atomic E-state index is 4.54. The minimum absolute atomic E-state index is 0.589. The van der Waals surface area contributed by atoms with Gasteiger partial charge >= 0.3 is 0 Å². The molecule has 0 bridgehead atoms. The number of aromatic nitrogens is 2. The molecule has 1 N–H and O–H groups in total. The Labute approximate surface area is 156 Å². The third-order valence-electron chi connectivity index (χ3n) is 6.05. The molecule has 1 spiro atoms. The number of hydrogen-bond donors (Lipinski definition) is 1. The van der Waals surface area contributed by atoms with Gasteiger partial charge in [0.1, 0.15) is 5.82 Å². The Morgan fingerprint density at radius 2 is 2.08 bits per heavy atom. The van der Waals surface area contributed by atoms with Gasteiger partial charge in [0.2, 0.25) is 0 Å². The van der Waals surface area contributed by atoms with Crippen molar-refractivity contribution in [2.75, 3.05) is 20.1 Å². The molecule has 0 atom stereocenters. The topological polar surface area (TPSA) is 45.5 Å². The quantitative estimate of drug-likeness (QED) is 0.665. The van der Waals surface area contributed by atoms with E-state index in [9.17, 15) is 0 Å². The molecule has 1 aromatic carbocycles. The summed E-state index contributed by atoms with van der Waals surface area (Å²) in [5.74, 6) is 2.09. The van der Waals surface area contributed by atoms with Gasteiger partial charge in [-0.15, -0.1) is 0 Å². The van der Waals surface area contributed by atoms with Crippen LogP contribution in [-0.2, 0) is 19.5 Å². The molecular weight excluding hydrogens is 322 g/mol. The van der Waals surface area contributed by atoms with Crippen LogP contribution in [0.25, 0.3) is 0 Å². The van der Waals surface area contributed by atoms with Gasteiger partial charge in [-0.2, -0.15) is 0 Å². The number of nitrogens with one attached hydrogen (secondary N) is 1. The summed E-state index contributed by atoms with van der Waals surface area (Å²) in [6.07, 6.45) is 10.5. The largest absolute Gasteiger partial charge is 0.349 e. The Kier molecular flexibility index (Phi) is 4.96. The van der Waals surface area contributed by atoms with Crippen LogP contribution < -0.4 is 5.32 Å². The van der Waals surface area contributed by atoms with Gasteiger partial charge in [0.05, 0.1) is 6.54 Å². The molecule has 0 amide bonds. The molecule has 1 aliphatic heterocycles. The zero-order chi connectivity index (χ0) is 17.8. The highest BCUT2D eigenvalue weighted by Gasteiger charge is 2.43. The Morgan fingerprint density at radius 1 is 1.23 bits per heavy atom. The first-order chi connectivity index (χ1) is 12.8. The molecule has 1 saturated carbocycles. The summed E-state index contributed by atoms with van der Waals surface area (Å²) >= 11 is 0. The highest BCUT2D eigenvalue weighted by atomic mass is 15.3. The van der Waals surface area contributed by atoms with E-state index < -0.39 is 0 Å². The standard InChI is InChI=1S/C21H29N5/c1-22-20(26-14-11-21(17-26)9-5-10-21)24-16-19-23-12-15-25(19)13-8-18-6-3-2-4-7-18/h2-4,6-7,12,15H,5,8-11,13-14,16-17H2,1H3,(H,22,24). The Hall–Kier alpha value is -2.30. The molecule has 5 heteroatoms. The summed E-state index contributed by atoms with van der Waals surface area (Å²) in [5.41, 5.74) is 1.95. The lowest BCUT2D eigenvalue weighted by atomic mass is 9.68. The maximum absolute atomic E-state index is 4.54. The van der Waals surface area contributed by atoms with Crippen LogP contribution in [0, 0.1) is 5.41 Å². The second-order valence-electron chi connectivity index (χ2n) is 7.70. The second kappa shape index (κ2) is 7.52. The van der Waals surface area contributed by atoms with E-state index >= 15 is 0 Å². The van der Waals surface area contributed by atoms with Crippen molar-refractivity contribution in [2.45, 2.75) is 45.2 Å². The summed E-state index contributed by atoms with van der Waals surface area (Å²) in [6, 6.07) is 10.6. The van der Waals surface area contributed by atoms with Crippen LogP contribution in [0.2, 0.25) is 0 Å². The Balaban J connectivity index is 1.32. The average molecular weight is 351 g/mol. The lowest BCUT2D eigenvalue weighted by molar-refractivity contribution is 0.151. The summed E-state index contributed by atoms with van der Waals surface area (Å²) < 4.78 is 2.24. The number of aryl methyl sites for hydroxylation is 2. The van der Waals surface area contributed by atoms with E-state index in [0.29, 0.717) is 5.41 Å². The number of hydrogen-bond acceptors (Lipinski definition) is 2. The van der Waals surface area contributed by atoms with Gasteiger partial charge in [-0.3, -0.25) is 4.99 Å². The lowest BCUT2D eigenvalue weighted by Gasteiger charge is -2.38. The molecule has 138 valence electrons. The molecule has 4 rings (SSSR count). The molecule has 26 heavy (non-hydrogen) atoms. The van der Waals surface area contributed by atoms with Crippen molar-refractivity contribution in [3.63, 3.8) is 0 Å². The van der Waals surface area contributed by atoms with Gasteiger partial charge in [-0.25, -0.2) is 4.98 Å². The van der Waals surface area contributed by atoms with Crippen molar-refractivity contribution in [3.8, 4) is 0 Å². The van der Waals surface area contributed by atoms with Crippen LogP contribution in [0.5, 0.6) is 0 Å². The molecule has 0 unspecified atom stereocenters. The number of likely N-dealkylation sites (tertiary alicyclic amines) is 1. The number of benzene rings is 1. The predicted octanol–water partition coefficient (Wildman–Crippen LogP) is 3.08. The number of nitrogens with zero attached hydrogens (tertiary/aromatic N) is 4. The monoisotopic (exact) mass is 351 g/mol. The van der Waals surface area contributed by atoms with Crippen LogP contribution in [0.3, 0.4) is 0 Å². The zero-order valence-corrected chi connectivity index (χ0v) is 15.7. The molecule has 2 aliphatic rings. The van der Waals surface area contributed by atoms with Gasteiger partial charge < -0.3 is 14.8 Å². The second-order valence-corrected chi connectivity index (χ2v) is 7.70. The first-order valence-corrected chi connectivity index (χ1v) is 9.78. The average Bonchev–Trinajstić information content (AvgIpc) is 3.28. The highest BCUT2D eigenvalue weighted by Crippen LogP contribution is 2.47. The fourth-order valence-corrected chi connectivity index (χ4v) is 4.30. The Bertz CT molecular complexity index is 745. The summed E-state index contributed by atoms with van der Waals surface area (Å²) in [7, 11) is 1.88. The van der Waals surface area contributed by atoms with Crippen molar-refractivity contribution in [1.82, 2.24) is 19.8 Å². The normalized spacial score (nSPS) is 19.0. The van der Waals surface area contributed by atoms with Crippen LogP contribution in [0.4, 0.5) is 0 Å². The SMILES string of the molecule is CN=C(NCc1nccn1CCc1ccccc1)N1CCC2(CCC2)C1. The van der Waals surface area contributed by atoms with Crippen LogP contribution in [-0.4, -0.2) is 40.5 Å². The van der Waals surface area contributed by atoms with Crippen molar-refractivity contribution >= 4 is 5.96 Å². The van der Waals surface area contributed by atoms with Crippen molar-refractivity contribution < 1.29 is 0 Å². The van der Waals surface area contributed by atoms with E-state index in [-0.39, 0.29) is 0 Å². The van der Waals surface area contributed by atoms with Crippen LogP contribution >= 0.6 is 0 Å². The Morgan fingerprint density at radius 3 is 2.77 bits per heavy atom. The summed E-state index contributed by atoms with van der Waals surface area (Å²) in [6.45, 7) is 3.96. The van der Waals surface area contributed by atoms with Gasteiger partial charge in [0, 0.05) is 39.1 Å². The molecule has 1 aliphatic carbocycles. The lowest BCUT2D eigenvalue weighted by Crippen LogP contribution is -2.42. The van der Waals surface area contributed by atoms with Crippen LogP contribution in [0.15, 0.2) is 47.7 Å². The van der Waals surface area contributed by atoms with E-state index in [1.165, 1.54) is 31.2 Å². The first kappa shape index (κ1) is 17.1. The number of imidazole rings is 1. The number of rotatable bonds is 5.